The van der Waals surface area contributed by atoms with Gasteiger partial charge in [-0.2, -0.15) is 0 Å². The summed E-state index contributed by atoms with van der Waals surface area (Å²) in [6.45, 7) is 0.524. The maximum absolute atomic E-state index is 11.7. The molecule has 0 aliphatic carbocycles. The van der Waals surface area contributed by atoms with Gasteiger partial charge >= 0.3 is 5.97 Å². The van der Waals surface area contributed by atoms with E-state index in [2.05, 4.69) is 10.3 Å². The van der Waals surface area contributed by atoms with Crippen LogP contribution in [0.1, 0.15) is 24.8 Å². The van der Waals surface area contributed by atoms with Crippen molar-refractivity contribution in [2.24, 2.45) is 5.73 Å². The fourth-order valence-electron chi connectivity index (χ4n) is 1.68. The number of carbonyl (C=O) groups excluding carboxylic acids is 1. The van der Waals surface area contributed by atoms with Crippen LogP contribution >= 0.6 is 0 Å². The summed E-state index contributed by atoms with van der Waals surface area (Å²) < 4.78 is 0. The van der Waals surface area contributed by atoms with Gasteiger partial charge in [-0.25, -0.2) is 4.79 Å². The van der Waals surface area contributed by atoms with E-state index in [-0.39, 0.29) is 12.3 Å². The molecule has 1 aromatic heterocycles. The summed E-state index contributed by atoms with van der Waals surface area (Å²) >= 11 is 0. The Morgan fingerprint density at radius 2 is 2.21 bits per heavy atom. The van der Waals surface area contributed by atoms with Gasteiger partial charge in [-0.05, 0) is 37.4 Å². The highest BCUT2D eigenvalue weighted by Crippen LogP contribution is 2.02. The zero-order valence-electron chi connectivity index (χ0n) is 10.7. The van der Waals surface area contributed by atoms with Crippen molar-refractivity contribution in [1.29, 1.82) is 0 Å². The van der Waals surface area contributed by atoms with Gasteiger partial charge in [0.1, 0.15) is 6.04 Å². The molecule has 0 saturated carbocycles. The summed E-state index contributed by atoms with van der Waals surface area (Å²) in [6, 6.07) is 2.66. The number of aromatic nitrogens is 1. The second-order valence-corrected chi connectivity index (χ2v) is 4.28. The lowest BCUT2D eigenvalue weighted by atomic mass is 10.1. The summed E-state index contributed by atoms with van der Waals surface area (Å²) in [5, 5.41) is 11.5. The minimum absolute atomic E-state index is 0.133. The second-order valence-electron chi connectivity index (χ2n) is 4.28. The number of nitrogens with zero attached hydrogens (tertiary/aromatic N) is 1. The molecule has 0 aromatic carbocycles. The number of unbranched alkanes of at least 4 members (excludes halogenated alkanes) is 1. The van der Waals surface area contributed by atoms with E-state index >= 15 is 0 Å². The smallest absolute Gasteiger partial charge is 0.326 e. The Morgan fingerprint density at radius 3 is 2.79 bits per heavy atom. The van der Waals surface area contributed by atoms with Gasteiger partial charge in [-0.3, -0.25) is 9.78 Å². The minimum Gasteiger partial charge on any atom is -0.480 e. The number of carboxylic acids is 1. The molecular formula is C13H19N3O3. The number of nitrogens with one attached hydrogen (secondary N) is 1. The van der Waals surface area contributed by atoms with Crippen LogP contribution in [0.5, 0.6) is 0 Å². The second kappa shape index (κ2) is 8.20. The molecule has 1 heterocycles. The number of nitrogens with two attached hydrogens (primary N) is 1. The Bertz CT molecular complexity index is 409. The van der Waals surface area contributed by atoms with Crippen LogP contribution in [0, 0.1) is 0 Å². The number of carboxylic acid groups (broad SMARTS) is 1. The molecule has 1 rings (SSSR count). The zero-order valence-corrected chi connectivity index (χ0v) is 10.7. The van der Waals surface area contributed by atoms with Gasteiger partial charge in [0.05, 0.1) is 6.42 Å². The van der Waals surface area contributed by atoms with Gasteiger partial charge in [0.2, 0.25) is 5.91 Å². The van der Waals surface area contributed by atoms with Crippen LogP contribution in [0.3, 0.4) is 0 Å². The van der Waals surface area contributed by atoms with Gasteiger partial charge < -0.3 is 16.2 Å². The lowest BCUT2D eigenvalue weighted by Crippen LogP contribution is -2.41. The number of carbonyl (C=O) groups is 2. The standard InChI is InChI=1S/C13H19N3O3/c14-6-2-1-5-11(13(18)19)16-12(17)8-10-4-3-7-15-9-10/h3-4,7,9,11H,1-2,5-6,8,14H2,(H,16,17)(H,18,19)/t11-/m0/s1. The van der Waals surface area contributed by atoms with Gasteiger partial charge in [-0.15, -0.1) is 0 Å². The minimum atomic E-state index is -1.02. The van der Waals surface area contributed by atoms with Crippen molar-refractivity contribution in [3.05, 3.63) is 30.1 Å². The van der Waals surface area contributed by atoms with Crippen LogP contribution in [0.15, 0.2) is 24.5 Å². The molecule has 1 atom stereocenters. The van der Waals surface area contributed by atoms with E-state index in [1.165, 1.54) is 0 Å². The molecule has 0 radical (unpaired) electrons. The predicted octanol–water partition coefficient (Wildman–Crippen LogP) is 0.322. The van der Waals surface area contributed by atoms with Crippen molar-refractivity contribution in [3.8, 4) is 0 Å². The summed E-state index contributed by atoms with van der Waals surface area (Å²) in [5.41, 5.74) is 6.11. The normalized spacial score (nSPS) is 11.8. The number of aliphatic carboxylic acids is 1. The molecule has 0 unspecified atom stereocenters. The van der Waals surface area contributed by atoms with E-state index in [0.717, 1.165) is 12.0 Å². The van der Waals surface area contributed by atoms with E-state index in [1.807, 2.05) is 0 Å². The van der Waals surface area contributed by atoms with Gasteiger partial charge in [0.15, 0.2) is 0 Å². The first kappa shape index (κ1) is 15.1. The Labute approximate surface area is 112 Å². The molecule has 0 spiro atoms. The van der Waals surface area contributed by atoms with Crippen LogP contribution in [0.25, 0.3) is 0 Å². The molecule has 1 amide bonds. The summed E-state index contributed by atoms with van der Waals surface area (Å²) in [7, 11) is 0. The van der Waals surface area contributed by atoms with Crippen molar-refractivity contribution in [3.63, 3.8) is 0 Å². The van der Waals surface area contributed by atoms with Crippen LogP contribution in [-0.4, -0.2) is 34.6 Å². The molecule has 4 N–H and O–H groups in total. The monoisotopic (exact) mass is 265 g/mol. The van der Waals surface area contributed by atoms with Crippen LogP contribution in [0.2, 0.25) is 0 Å². The average molecular weight is 265 g/mol. The van der Waals surface area contributed by atoms with Gasteiger partial charge in [0.25, 0.3) is 0 Å². The molecule has 0 saturated heterocycles. The first-order valence-corrected chi connectivity index (χ1v) is 6.24. The third-order valence-corrected chi connectivity index (χ3v) is 2.67. The Kier molecular flexibility index (Phi) is 6.52. The van der Waals surface area contributed by atoms with E-state index in [1.54, 1.807) is 24.5 Å². The maximum Gasteiger partial charge on any atom is 0.326 e. The zero-order chi connectivity index (χ0) is 14.1. The van der Waals surface area contributed by atoms with Crippen molar-refractivity contribution < 1.29 is 14.7 Å². The Morgan fingerprint density at radius 1 is 1.42 bits per heavy atom. The first-order chi connectivity index (χ1) is 9.13. The third-order valence-electron chi connectivity index (χ3n) is 2.67. The molecule has 0 bridgehead atoms. The molecule has 6 heteroatoms. The molecular weight excluding hydrogens is 246 g/mol. The molecule has 19 heavy (non-hydrogen) atoms. The number of hydrogen-bond donors (Lipinski definition) is 3. The fraction of sp³-hybridized carbons (Fsp3) is 0.462. The van der Waals surface area contributed by atoms with Gasteiger partial charge in [0, 0.05) is 12.4 Å². The number of pyridine rings is 1. The molecule has 0 aliphatic heterocycles. The Hall–Kier alpha value is -1.95. The summed E-state index contributed by atoms with van der Waals surface area (Å²) in [4.78, 5) is 26.7. The van der Waals surface area contributed by atoms with Crippen molar-refractivity contribution in [2.45, 2.75) is 31.7 Å². The number of rotatable bonds is 8. The average Bonchev–Trinajstić information content (AvgIpc) is 2.38. The highest BCUT2D eigenvalue weighted by atomic mass is 16.4. The number of hydrogen-bond acceptors (Lipinski definition) is 4. The van der Waals surface area contributed by atoms with E-state index in [0.29, 0.717) is 19.4 Å². The highest BCUT2D eigenvalue weighted by molar-refractivity contribution is 5.84. The molecule has 6 nitrogen and oxygen atoms in total. The van der Waals surface area contributed by atoms with Crippen molar-refractivity contribution in [2.75, 3.05) is 6.54 Å². The van der Waals surface area contributed by atoms with E-state index < -0.39 is 12.0 Å². The Balaban J connectivity index is 2.45. The van der Waals surface area contributed by atoms with Crippen LogP contribution in [0.4, 0.5) is 0 Å². The predicted molar refractivity (Wildman–Crippen MR) is 70.4 cm³/mol. The lowest BCUT2D eigenvalue weighted by molar-refractivity contribution is -0.142. The highest BCUT2D eigenvalue weighted by Gasteiger charge is 2.19. The van der Waals surface area contributed by atoms with E-state index in [4.69, 9.17) is 10.8 Å². The van der Waals surface area contributed by atoms with Crippen LogP contribution < -0.4 is 11.1 Å². The van der Waals surface area contributed by atoms with Crippen molar-refractivity contribution in [1.82, 2.24) is 10.3 Å². The molecule has 104 valence electrons. The summed E-state index contributed by atoms with van der Waals surface area (Å²) in [6.07, 6.45) is 5.17. The van der Waals surface area contributed by atoms with Crippen LogP contribution in [-0.2, 0) is 16.0 Å². The lowest BCUT2D eigenvalue weighted by Gasteiger charge is -2.14. The third kappa shape index (κ3) is 5.96. The summed E-state index contributed by atoms with van der Waals surface area (Å²) in [5.74, 6) is -1.33. The van der Waals surface area contributed by atoms with Crippen molar-refractivity contribution >= 4 is 11.9 Å². The first-order valence-electron chi connectivity index (χ1n) is 6.24. The topological polar surface area (TPSA) is 105 Å². The maximum atomic E-state index is 11.7. The quantitative estimate of drug-likeness (QED) is 0.587. The molecule has 0 fully saturated rings. The molecule has 1 aromatic rings. The molecule has 0 aliphatic rings. The fourth-order valence-corrected chi connectivity index (χ4v) is 1.68. The number of amides is 1. The van der Waals surface area contributed by atoms with Gasteiger partial charge in [-0.1, -0.05) is 6.07 Å². The largest absolute Gasteiger partial charge is 0.480 e. The SMILES string of the molecule is NCCCC[C@H](NC(=O)Cc1cccnc1)C(=O)O. The van der Waals surface area contributed by atoms with E-state index in [9.17, 15) is 9.59 Å².